The van der Waals surface area contributed by atoms with E-state index in [9.17, 15) is 4.79 Å². The van der Waals surface area contributed by atoms with Gasteiger partial charge in [-0.2, -0.15) is 0 Å². The van der Waals surface area contributed by atoms with E-state index in [1.807, 2.05) is 55.5 Å². The van der Waals surface area contributed by atoms with Crippen molar-refractivity contribution in [3.05, 3.63) is 83.6 Å². The third-order valence-corrected chi connectivity index (χ3v) is 4.19. The van der Waals surface area contributed by atoms with Gasteiger partial charge < -0.3 is 18.9 Å². The lowest BCUT2D eigenvalue weighted by Gasteiger charge is -2.13. The van der Waals surface area contributed by atoms with Gasteiger partial charge in [-0.1, -0.05) is 30.3 Å². The predicted octanol–water partition coefficient (Wildman–Crippen LogP) is 4.21. The number of pyridine rings is 1. The first-order chi connectivity index (χ1) is 14.2. The Bertz CT molecular complexity index is 943. The van der Waals surface area contributed by atoms with Crippen molar-refractivity contribution in [2.24, 2.45) is 0 Å². The van der Waals surface area contributed by atoms with Gasteiger partial charge in [-0.25, -0.2) is 9.78 Å². The number of benzene rings is 2. The minimum atomic E-state index is -0.369. The minimum absolute atomic E-state index is 0.248. The quantitative estimate of drug-likeness (QED) is 0.401. The molecule has 3 aromatic rings. The molecule has 0 aliphatic heterocycles. The molecule has 0 saturated carbocycles. The molecule has 0 amide bonds. The fourth-order valence-electron chi connectivity index (χ4n) is 2.80. The molecule has 3 rings (SSSR count). The highest BCUT2D eigenvalue weighted by atomic mass is 16.5. The van der Waals surface area contributed by atoms with E-state index in [0.29, 0.717) is 36.2 Å². The first-order valence-electron chi connectivity index (χ1n) is 9.23. The van der Waals surface area contributed by atoms with Crippen molar-refractivity contribution >= 4 is 5.97 Å². The fraction of sp³-hybridized carbons (Fsp3) is 0.217. The summed E-state index contributed by atoms with van der Waals surface area (Å²) in [6.07, 6.45) is 1.68. The second-order valence-electron chi connectivity index (χ2n) is 6.23. The van der Waals surface area contributed by atoms with Crippen molar-refractivity contribution in [1.82, 2.24) is 4.98 Å². The molecule has 0 unspecified atom stereocenters. The molecule has 0 radical (unpaired) electrons. The number of carbonyl (C=O) groups is 1. The molecule has 6 heteroatoms. The molecule has 6 nitrogen and oxygen atoms in total. The second kappa shape index (κ2) is 10.1. The van der Waals surface area contributed by atoms with Crippen LogP contribution in [0, 0.1) is 6.92 Å². The van der Waals surface area contributed by atoms with E-state index >= 15 is 0 Å². The number of carbonyl (C=O) groups excluding carboxylic acids is 1. The number of esters is 1. The van der Waals surface area contributed by atoms with Crippen LogP contribution < -0.4 is 14.2 Å². The van der Waals surface area contributed by atoms with E-state index in [0.717, 1.165) is 11.1 Å². The highest BCUT2D eigenvalue weighted by molar-refractivity contribution is 5.92. The van der Waals surface area contributed by atoms with Gasteiger partial charge in [0.05, 0.1) is 12.7 Å². The Morgan fingerprint density at radius 1 is 0.897 bits per heavy atom. The smallest absolute Gasteiger partial charge is 0.338 e. The van der Waals surface area contributed by atoms with Crippen molar-refractivity contribution in [3.8, 4) is 17.4 Å². The van der Waals surface area contributed by atoms with Crippen molar-refractivity contribution in [2.45, 2.75) is 13.5 Å². The molecule has 0 saturated heterocycles. The monoisotopic (exact) mass is 393 g/mol. The molecular weight excluding hydrogens is 370 g/mol. The van der Waals surface area contributed by atoms with Gasteiger partial charge in [0.15, 0.2) is 0 Å². The molecule has 150 valence electrons. The van der Waals surface area contributed by atoms with Gasteiger partial charge >= 0.3 is 5.97 Å². The third-order valence-electron chi connectivity index (χ3n) is 4.19. The molecule has 0 spiro atoms. The minimum Gasteiger partial charge on any atom is -0.490 e. The van der Waals surface area contributed by atoms with Crippen LogP contribution in [0.2, 0.25) is 0 Å². The van der Waals surface area contributed by atoms with E-state index in [1.54, 1.807) is 18.3 Å². The van der Waals surface area contributed by atoms with Crippen molar-refractivity contribution in [2.75, 3.05) is 20.3 Å². The Morgan fingerprint density at radius 3 is 2.41 bits per heavy atom. The summed E-state index contributed by atoms with van der Waals surface area (Å²) >= 11 is 0. The Kier molecular flexibility index (Phi) is 7.05. The maximum Gasteiger partial charge on any atom is 0.338 e. The van der Waals surface area contributed by atoms with E-state index in [4.69, 9.17) is 18.9 Å². The summed E-state index contributed by atoms with van der Waals surface area (Å²) in [5.74, 6) is 1.51. The summed E-state index contributed by atoms with van der Waals surface area (Å²) in [4.78, 5) is 16.1. The van der Waals surface area contributed by atoms with Crippen LogP contribution in [0.3, 0.4) is 0 Å². The fourth-order valence-corrected chi connectivity index (χ4v) is 2.80. The van der Waals surface area contributed by atoms with Gasteiger partial charge in [0, 0.05) is 23.9 Å². The zero-order valence-electron chi connectivity index (χ0n) is 16.5. The van der Waals surface area contributed by atoms with Crippen LogP contribution >= 0.6 is 0 Å². The number of aryl methyl sites for hydroxylation is 1. The standard InChI is InChI=1S/C23H23NO5/c1-17-7-5-8-18(22(17)23(25)26-2)16-29-20-10-6-9-19(15-20)27-13-14-28-21-11-3-4-12-24-21/h3-12,15H,13-14,16H2,1-2H3. The molecular formula is C23H23NO5. The number of hydrogen-bond donors (Lipinski definition) is 0. The molecule has 0 bridgehead atoms. The predicted molar refractivity (Wildman–Crippen MR) is 109 cm³/mol. The van der Waals surface area contributed by atoms with Gasteiger partial charge in [0.2, 0.25) is 5.88 Å². The molecule has 0 fully saturated rings. The van der Waals surface area contributed by atoms with Gasteiger partial charge in [0.25, 0.3) is 0 Å². The molecule has 0 aliphatic rings. The average Bonchev–Trinajstić information content (AvgIpc) is 2.76. The number of hydrogen-bond acceptors (Lipinski definition) is 6. The molecule has 0 aliphatic carbocycles. The highest BCUT2D eigenvalue weighted by Crippen LogP contribution is 2.22. The topological polar surface area (TPSA) is 66.9 Å². The highest BCUT2D eigenvalue weighted by Gasteiger charge is 2.15. The SMILES string of the molecule is COC(=O)c1c(C)cccc1COc1cccc(OCCOc2ccccn2)c1. The number of aromatic nitrogens is 1. The summed E-state index contributed by atoms with van der Waals surface area (Å²) in [6.45, 7) is 2.88. The average molecular weight is 393 g/mol. The summed E-state index contributed by atoms with van der Waals surface area (Å²) < 4.78 is 22.0. The van der Waals surface area contributed by atoms with Crippen LogP contribution in [-0.2, 0) is 11.3 Å². The summed E-state index contributed by atoms with van der Waals surface area (Å²) in [5, 5.41) is 0. The van der Waals surface area contributed by atoms with Crippen molar-refractivity contribution in [1.29, 1.82) is 0 Å². The molecule has 0 N–H and O–H groups in total. The summed E-state index contributed by atoms with van der Waals surface area (Å²) in [6, 6.07) is 18.4. The Balaban J connectivity index is 1.55. The number of methoxy groups -OCH3 is 1. The van der Waals surface area contributed by atoms with E-state index < -0.39 is 0 Å². The number of nitrogens with zero attached hydrogens (tertiary/aromatic N) is 1. The normalized spacial score (nSPS) is 10.3. The zero-order chi connectivity index (χ0) is 20.5. The van der Waals surface area contributed by atoms with E-state index in [-0.39, 0.29) is 12.6 Å². The van der Waals surface area contributed by atoms with Gasteiger partial charge in [-0.15, -0.1) is 0 Å². The summed E-state index contributed by atoms with van der Waals surface area (Å²) in [5.41, 5.74) is 2.16. The van der Waals surface area contributed by atoms with E-state index in [2.05, 4.69) is 4.98 Å². The van der Waals surface area contributed by atoms with Crippen molar-refractivity contribution < 1.29 is 23.7 Å². The lowest BCUT2D eigenvalue weighted by atomic mass is 10.0. The van der Waals surface area contributed by atoms with Gasteiger partial charge in [-0.05, 0) is 30.7 Å². The lowest BCUT2D eigenvalue weighted by Crippen LogP contribution is -2.10. The molecule has 2 aromatic carbocycles. The van der Waals surface area contributed by atoms with Crippen LogP contribution in [0.4, 0.5) is 0 Å². The van der Waals surface area contributed by atoms with Crippen LogP contribution in [0.5, 0.6) is 17.4 Å². The molecule has 1 aromatic heterocycles. The largest absolute Gasteiger partial charge is 0.490 e. The number of rotatable bonds is 9. The second-order valence-corrected chi connectivity index (χ2v) is 6.23. The molecule has 29 heavy (non-hydrogen) atoms. The molecule has 1 heterocycles. The van der Waals surface area contributed by atoms with E-state index in [1.165, 1.54) is 7.11 Å². The third kappa shape index (κ3) is 5.72. The number of ether oxygens (including phenoxy) is 4. The Morgan fingerprint density at radius 2 is 1.66 bits per heavy atom. The van der Waals surface area contributed by atoms with Crippen LogP contribution in [-0.4, -0.2) is 31.3 Å². The van der Waals surface area contributed by atoms with Gasteiger partial charge in [0.1, 0.15) is 31.3 Å². The molecule has 0 atom stereocenters. The van der Waals surface area contributed by atoms with Crippen LogP contribution in [0.15, 0.2) is 66.9 Å². The van der Waals surface area contributed by atoms with Gasteiger partial charge in [-0.3, -0.25) is 0 Å². The summed E-state index contributed by atoms with van der Waals surface area (Å²) in [7, 11) is 1.37. The zero-order valence-corrected chi connectivity index (χ0v) is 16.5. The van der Waals surface area contributed by atoms with Crippen LogP contribution in [0.1, 0.15) is 21.5 Å². The lowest BCUT2D eigenvalue weighted by molar-refractivity contribution is 0.0597. The van der Waals surface area contributed by atoms with Crippen molar-refractivity contribution in [3.63, 3.8) is 0 Å². The first kappa shape index (κ1) is 20.2. The Hall–Kier alpha value is -3.54. The maximum absolute atomic E-state index is 12.1. The first-order valence-corrected chi connectivity index (χ1v) is 9.23. The maximum atomic E-state index is 12.1. The Labute approximate surface area is 170 Å². The van der Waals surface area contributed by atoms with Crippen LogP contribution in [0.25, 0.3) is 0 Å².